The molecule has 1 aromatic carbocycles. The van der Waals surface area contributed by atoms with Crippen LogP contribution in [0.25, 0.3) is 0 Å². The summed E-state index contributed by atoms with van der Waals surface area (Å²) in [6, 6.07) is 3.58. The van der Waals surface area contributed by atoms with Gasteiger partial charge in [-0.1, -0.05) is 12.1 Å². The number of nitrogens with zero attached hydrogens (tertiary/aromatic N) is 1. The number of hydrogen-bond donors (Lipinski definition) is 2. The number of nitrogens with one attached hydrogen (secondary N) is 1. The highest BCUT2D eigenvalue weighted by Crippen LogP contribution is 2.52. The average Bonchev–Trinajstić information content (AvgIpc) is 3.09. The zero-order valence-electron chi connectivity index (χ0n) is 17.3. The summed E-state index contributed by atoms with van der Waals surface area (Å²) in [5.41, 5.74) is -1.98. The number of likely N-dealkylation sites (tertiary alicyclic amines) is 1. The van der Waals surface area contributed by atoms with Gasteiger partial charge in [0.2, 0.25) is 5.91 Å². The van der Waals surface area contributed by atoms with Gasteiger partial charge in [0.1, 0.15) is 11.7 Å². The highest BCUT2D eigenvalue weighted by molar-refractivity contribution is 5.84. The van der Waals surface area contributed by atoms with E-state index in [4.69, 9.17) is 4.74 Å². The number of fused-ring (bicyclic) bond motifs is 1. The molecule has 8 heteroatoms. The van der Waals surface area contributed by atoms with Crippen molar-refractivity contribution >= 4 is 12.0 Å². The minimum Gasteiger partial charge on any atom is -0.444 e. The fraction of sp³-hybridized carbons (Fsp3) is 0.619. The Labute approximate surface area is 169 Å². The van der Waals surface area contributed by atoms with Gasteiger partial charge in [0, 0.05) is 24.6 Å². The molecule has 3 rings (SSSR count). The van der Waals surface area contributed by atoms with Gasteiger partial charge in [0.25, 0.3) is 0 Å². The molecule has 0 aromatic heterocycles. The van der Waals surface area contributed by atoms with Crippen LogP contribution in [-0.2, 0) is 9.53 Å². The topological polar surface area (TPSA) is 78.9 Å². The number of aliphatic hydroxyl groups excluding tert-OH is 1. The molecule has 1 saturated carbocycles. The molecule has 29 heavy (non-hydrogen) atoms. The van der Waals surface area contributed by atoms with Crippen molar-refractivity contribution in [2.45, 2.75) is 51.9 Å². The van der Waals surface area contributed by atoms with E-state index in [2.05, 4.69) is 5.32 Å². The predicted octanol–water partition coefficient (Wildman–Crippen LogP) is 3.01. The fourth-order valence-corrected chi connectivity index (χ4v) is 3.98. The molecule has 1 aromatic rings. The van der Waals surface area contributed by atoms with Crippen molar-refractivity contribution < 1.29 is 28.2 Å². The van der Waals surface area contributed by atoms with Crippen LogP contribution in [0.2, 0.25) is 0 Å². The Bertz CT molecular complexity index is 809. The molecule has 2 aliphatic rings. The largest absolute Gasteiger partial charge is 0.444 e. The molecule has 2 fully saturated rings. The first-order valence-corrected chi connectivity index (χ1v) is 9.74. The predicted molar refractivity (Wildman–Crippen MR) is 102 cm³/mol. The quantitative estimate of drug-likeness (QED) is 0.800. The van der Waals surface area contributed by atoms with E-state index >= 15 is 0 Å². The third-order valence-corrected chi connectivity index (χ3v) is 5.55. The van der Waals surface area contributed by atoms with Crippen molar-refractivity contribution in [1.82, 2.24) is 10.2 Å². The van der Waals surface area contributed by atoms with Gasteiger partial charge in [-0.3, -0.25) is 4.79 Å². The van der Waals surface area contributed by atoms with Crippen LogP contribution in [0.15, 0.2) is 18.2 Å². The Morgan fingerprint density at radius 2 is 1.76 bits per heavy atom. The number of carbonyl (C=O) groups is 2. The molecule has 6 nitrogen and oxygen atoms in total. The van der Waals surface area contributed by atoms with Crippen molar-refractivity contribution in [3.8, 4) is 0 Å². The molecule has 1 aliphatic carbocycles. The molecule has 0 spiro atoms. The van der Waals surface area contributed by atoms with Crippen molar-refractivity contribution in [3.05, 3.63) is 35.4 Å². The summed E-state index contributed by atoms with van der Waals surface area (Å²) in [7, 11) is 0. The summed E-state index contributed by atoms with van der Waals surface area (Å²) in [5.74, 6) is -2.62. The first kappa shape index (κ1) is 21.5. The lowest BCUT2D eigenvalue weighted by molar-refractivity contribution is -0.126. The van der Waals surface area contributed by atoms with Crippen LogP contribution in [0.3, 0.4) is 0 Å². The minimum absolute atomic E-state index is 0.0429. The zero-order valence-corrected chi connectivity index (χ0v) is 17.3. The molecule has 3 unspecified atom stereocenters. The summed E-state index contributed by atoms with van der Waals surface area (Å²) in [6.07, 6.45) is -1.81. The van der Waals surface area contributed by atoms with Crippen LogP contribution in [0.4, 0.5) is 13.6 Å². The maximum absolute atomic E-state index is 14.0. The first-order valence-electron chi connectivity index (χ1n) is 9.74. The summed E-state index contributed by atoms with van der Waals surface area (Å²) in [4.78, 5) is 26.4. The number of benzene rings is 1. The van der Waals surface area contributed by atoms with Crippen LogP contribution < -0.4 is 5.32 Å². The lowest BCUT2D eigenvalue weighted by Gasteiger charge is -2.33. The smallest absolute Gasteiger partial charge is 0.410 e. The van der Waals surface area contributed by atoms with Gasteiger partial charge < -0.3 is 20.1 Å². The summed E-state index contributed by atoms with van der Waals surface area (Å²) in [6.45, 7) is 9.40. The van der Waals surface area contributed by atoms with Gasteiger partial charge in [0.15, 0.2) is 11.6 Å². The molecule has 3 atom stereocenters. The lowest BCUT2D eigenvalue weighted by atomic mass is 9.90. The molecule has 1 aliphatic heterocycles. The Hall–Kier alpha value is -2.22. The number of ether oxygens (including phenoxy) is 1. The van der Waals surface area contributed by atoms with Gasteiger partial charge in [-0.2, -0.15) is 0 Å². The SMILES string of the molecule is CC(C)(C)OC(=O)N1CC2C(C1)C2C(=O)NC(C)(C)C(O)c1cccc(F)c1F. The van der Waals surface area contributed by atoms with Crippen molar-refractivity contribution in [1.29, 1.82) is 0 Å². The van der Waals surface area contributed by atoms with Crippen LogP contribution in [0, 0.1) is 29.4 Å². The standard InChI is InChI=1S/C21H28F2N2O4/c1-20(2,3)29-19(28)25-9-12-13(10-25)15(12)18(27)24-21(4,5)17(26)11-7-6-8-14(22)16(11)23/h6-8,12-13,15,17,26H,9-10H2,1-5H3,(H,24,27). The van der Waals surface area contributed by atoms with Gasteiger partial charge >= 0.3 is 6.09 Å². The van der Waals surface area contributed by atoms with Crippen molar-refractivity contribution in [3.63, 3.8) is 0 Å². The molecule has 1 saturated heterocycles. The number of aliphatic hydroxyl groups is 1. The highest BCUT2D eigenvalue weighted by atomic mass is 19.2. The molecule has 2 amide bonds. The normalized spacial score (nSPS) is 24.7. The van der Waals surface area contributed by atoms with Crippen LogP contribution in [-0.4, -0.2) is 46.2 Å². The molecule has 1 heterocycles. The molecule has 0 bridgehead atoms. The van der Waals surface area contributed by atoms with Gasteiger partial charge in [-0.25, -0.2) is 13.6 Å². The molecule has 160 valence electrons. The Balaban J connectivity index is 1.58. The van der Waals surface area contributed by atoms with E-state index in [0.717, 1.165) is 6.07 Å². The maximum Gasteiger partial charge on any atom is 0.410 e. The third-order valence-electron chi connectivity index (χ3n) is 5.55. The van der Waals surface area contributed by atoms with Gasteiger partial charge in [-0.15, -0.1) is 0 Å². The van der Waals surface area contributed by atoms with E-state index in [1.807, 2.05) is 0 Å². The number of piperidine rings is 1. The number of halogens is 2. The molecular weight excluding hydrogens is 382 g/mol. The first-order chi connectivity index (χ1) is 13.3. The summed E-state index contributed by atoms with van der Waals surface area (Å²) in [5, 5.41) is 13.3. The van der Waals surface area contributed by atoms with Crippen LogP contribution >= 0.6 is 0 Å². The number of hydrogen-bond acceptors (Lipinski definition) is 4. The zero-order chi connectivity index (χ0) is 21.7. The Kier molecular flexibility index (Phi) is 5.36. The second-order valence-corrected chi connectivity index (χ2v) is 9.50. The monoisotopic (exact) mass is 410 g/mol. The van der Waals surface area contributed by atoms with E-state index in [1.165, 1.54) is 12.1 Å². The molecule has 0 radical (unpaired) electrons. The fourth-order valence-electron chi connectivity index (χ4n) is 3.98. The second kappa shape index (κ2) is 7.23. The lowest BCUT2D eigenvalue weighted by Crippen LogP contribution is -2.50. The summed E-state index contributed by atoms with van der Waals surface area (Å²) < 4.78 is 32.8. The Morgan fingerprint density at radius 3 is 2.31 bits per heavy atom. The average molecular weight is 410 g/mol. The molecule has 2 N–H and O–H groups in total. The van der Waals surface area contributed by atoms with Gasteiger partial charge in [-0.05, 0) is 52.5 Å². The second-order valence-electron chi connectivity index (χ2n) is 9.50. The minimum atomic E-state index is -1.42. The van der Waals surface area contributed by atoms with Crippen LogP contribution in [0.5, 0.6) is 0 Å². The van der Waals surface area contributed by atoms with Crippen molar-refractivity contribution in [2.75, 3.05) is 13.1 Å². The number of rotatable bonds is 4. The van der Waals surface area contributed by atoms with E-state index < -0.39 is 28.9 Å². The van der Waals surface area contributed by atoms with Crippen LogP contribution in [0.1, 0.15) is 46.3 Å². The third kappa shape index (κ3) is 4.37. The maximum atomic E-state index is 14.0. The van der Waals surface area contributed by atoms with E-state index in [0.29, 0.717) is 13.1 Å². The van der Waals surface area contributed by atoms with Crippen molar-refractivity contribution in [2.24, 2.45) is 17.8 Å². The molecular formula is C21H28F2N2O4. The van der Waals surface area contributed by atoms with E-state index in [9.17, 15) is 23.5 Å². The highest BCUT2D eigenvalue weighted by Gasteiger charge is 2.61. The van der Waals surface area contributed by atoms with Gasteiger partial charge in [0.05, 0.1) is 5.54 Å². The Morgan fingerprint density at radius 1 is 1.17 bits per heavy atom. The van der Waals surface area contributed by atoms with E-state index in [1.54, 1.807) is 39.5 Å². The van der Waals surface area contributed by atoms with E-state index in [-0.39, 0.29) is 35.3 Å². The number of carbonyl (C=O) groups excluding carboxylic acids is 2. The summed E-state index contributed by atoms with van der Waals surface area (Å²) >= 11 is 0. The number of amides is 2.